The van der Waals surface area contributed by atoms with Crippen molar-refractivity contribution in [2.24, 2.45) is 11.8 Å². The van der Waals surface area contributed by atoms with E-state index in [9.17, 15) is 19.2 Å². The summed E-state index contributed by atoms with van der Waals surface area (Å²) < 4.78 is 0. The highest BCUT2D eigenvalue weighted by Crippen LogP contribution is 2.37. The summed E-state index contributed by atoms with van der Waals surface area (Å²) in [7, 11) is 0. The Labute approximate surface area is 178 Å². The van der Waals surface area contributed by atoms with Gasteiger partial charge in [-0.05, 0) is 63.2 Å². The van der Waals surface area contributed by atoms with Crippen LogP contribution < -0.4 is 0 Å². The van der Waals surface area contributed by atoms with Crippen LogP contribution in [0.2, 0.25) is 0 Å². The SMILES string of the molecule is CC1CCC2=C(C1)C(=O)N(CCCCCCN1C(=O)C3=C(CC(C)CC3)C1=O)C2=O. The molecule has 4 aliphatic rings. The second-order valence-electron chi connectivity index (χ2n) is 9.55. The average molecular weight is 413 g/mol. The Morgan fingerprint density at radius 2 is 0.967 bits per heavy atom. The minimum absolute atomic E-state index is 0.0824. The molecule has 0 radical (unpaired) electrons. The standard InChI is InChI=1S/C24H32N2O4/c1-15-7-9-17-19(13-15)23(29)25(21(17)27)11-5-3-4-6-12-26-22(28)18-10-8-16(2)14-20(18)24(26)30/h15-16H,3-14H2,1-2H3. The van der Waals surface area contributed by atoms with E-state index in [1.807, 2.05) is 0 Å². The van der Waals surface area contributed by atoms with Crippen molar-refractivity contribution in [3.05, 3.63) is 22.3 Å². The minimum atomic E-state index is -0.0827. The lowest BCUT2D eigenvalue weighted by Gasteiger charge is -2.17. The molecule has 0 spiro atoms. The number of unbranched alkanes of at least 4 members (excludes halogenated alkanes) is 3. The third-order valence-corrected chi connectivity index (χ3v) is 7.13. The van der Waals surface area contributed by atoms with E-state index in [1.54, 1.807) is 0 Å². The van der Waals surface area contributed by atoms with Crippen molar-refractivity contribution >= 4 is 23.6 Å². The molecule has 162 valence electrons. The topological polar surface area (TPSA) is 74.8 Å². The number of hydrogen-bond acceptors (Lipinski definition) is 4. The molecule has 0 aromatic heterocycles. The van der Waals surface area contributed by atoms with Crippen molar-refractivity contribution in [2.45, 2.75) is 78.1 Å². The first-order chi connectivity index (χ1) is 14.4. The maximum atomic E-state index is 12.6. The van der Waals surface area contributed by atoms with E-state index < -0.39 is 0 Å². The molecule has 0 N–H and O–H groups in total. The van der Waals surface area contributed by atoms with Gasteiger partial charge in [-0.25, -0.2) is 0 Å². The molecule has 30 heavy (non-hydrogen) atoms. The first-order valence-electron chi connectivity index (χ1n) is 11.5. The molecule has 2 aliphatic heterocycles. The fourth-order valence-corrected chi connectivity index (χ4v) is 5.27. The van der Waals surface area contributed by atoms with Crippen molar-refractivity contribution in [1.29, 1.82) is 0 Å². The van der Waals surface area contributed by atoms with E-state index >= 15 is 0 Å². The molecular weight excluding hydrogens is 380 g/mol. The van der Waals surface area contributed by atoms with E-state index in [1.165, 1.54) is 9.80 Å². The van der Waals surface area contributed by atoms with Gasteiger partial charge >= 0.3 is 0 Å². The maximum Gasteiger partial charge on any atom is 0.257 e. The molecule has 0 saturated carbocycles. The monoisotopic (exact) mass is 412 g/mol. The molecule has 4 rings (SSSR count). The first kappa shape index (κ1) is 21.0. The highest BCUT2D eigenvalue weighted by Gasteiger charge is 2.40. The third kappa shape index (κ3) is 3.77. The van der Waals surface area contributed by atoms with Gasteiger partial charge in [0.2, 0.25) is 0 Å². The molecule has 4 amide bonds. The Morgan fingerprint density at radius 1 is 0.600 bits per heavy atom. The van der Waals surface area contributed by atoms with Crippen LogP contribution in [0.15, 0.2) is 22.3 Å². The van der Waals surface area contributed by atoms with Gasteiger partial charge in [-0.3, -0.25) is 29.0 Å². The largest absolute Gasteiger partial charge is 0.275 e. The van der Waals surface area contributed by atoms with Gasteiger partial charge in [-0.2, -0.15) is 0 Å². The highest BCUT2D eigenvalue weighted by atomic mass is 16.2. The lowest BCUT2D eigenvalue weighted by molar-refractivity contribution is -0.139. The molecule has 2 aliphatic carbocycles. The molecule has 0 bridgehead atoms. The van der Waals surface area contributed by atoms with Crippen LogP contribution >= 0.6 is 0 Å². The van der Waals surface area contributed by atoms with Gasteiger partial charge in [-0.1, -0.05) is 26.7 Å². The average Bonchev–Trinajstić information content (AvgIpc) is 3.09. The molecule has 2 heterocycles. The predicted molar refractivity (Wildman–Crippen MR) is 112 cm³/mol. The molecular formula is C24H32N2O4. The summed E-state index contributed by atoms with van der Waals surface area (Å²) in [6, 6.07) is 0. The summed E-state index contributed by atoms with van der Waals surface area (Å²) in [5, 5.41) is 0. The van der Waals surface area contributed by atoms with Crippen molar-refractivity contribution in [2.75, 3.05) is 13.1 Å². The number of nitrogens with zero attached hydrogens (tertiary/aromatic N) is 2. The van der Waals surface area contributed by atoms with Crippen molar-refractivity contribution in [3.8, 4) is 0 Å². The zero-order chi connectivity index (χ0) is 21.4. The quantitative estimate of drug-likeness (QED) is 0.474. The lowest BCUT2D eigenvalue weighted by Crippen LogP contribution is -2.33. The van der Waals surface area contributed by atoms with Crippen LogP contribution in [0, 0.1) is 11.8 Å². The normalized spacial score (nSPS) is 26.9. The van der Waals surface area contributed by atoms with Gasteiger partial charge in [-0.15, -0.1) is 0 Å². The number of hydrogen-bond donors (Lipinski definition) is 0. The van der Waals surface area contributed by atoms with E-state index in [-0.39, 0.29) is 23.6 Å². The van der Waals surface area contributed by atoms with Gasteiger partial charge in [0.05, 0.1) is 0 Å². The maximum absolute atomic E-state index is 12.6. The number of carbonyl (C=O) groups is 4. The van der Waals surface area contributed by atoms with Gasteiger partial charge in [0, 0.05) is 35.4 Å². The molecule has 0 saturated heterocycles. The Morgan fingerprint density at radius 3 is 1.37 bits per heavy atom. The summed E-state index contributed by atoms with van der Waals surface area (Å²) in [4.78, 5) is 53.1. The molecule has 2 atom stereocenters. The molecule has 2 unspecified atom stereocenters. The van der Waals surface area contributed by atoms with Crippen LogP contribution in [0.1, 0.15) is 78.1 Å². The second kappa shape index (κ2) is 8.48. The number of carbonyl (C=O) groups excluding carboxylic acids is 4. The summed E-state index contributed by atoms with van der Waals surface area (Å²) in [6.45, 7) is 5.20. The van der Waals surface area contributed by atoms with Crippen LogP contribution in [0.3, 0.4) is 0 Å². The van der Waals surface area contributed by atoms with Crippen LogP contribution in [-0.2, 0) is 19.2 Å². The van der Waals surface area contributed by atoms with Gasteiger partial charge in [0.25, 0.3) is 23.6 Å². The number of imide groups is 2. The molecule has 6 heteroatoms. The summed E-state index contributed by atoms with van der Waals surface area (Å²) in [5.74, 6) is 0.614. The lowest BCUT2D eigenvalue weighted by atomic mass is 9.86. The smallest absolute Gasteiger partial charge is 0.257 e. The third-order valence-electron chi connectivity index (χ3n) is 7.13. The fourth-order valence-electron chi connectivity index (χ4n) is 5.27. The zero-order valence-electron chi connectivity index (χ0n) is 18.2. The van der Waals surface area contributed by atoms with E-state index in [0.29, 0.717) is 24.9 Å². The zero-order valence-corrected chi connectivity index (χ0v) is 18.2. The Balaban J connectivity index is 1.18. The molecule has 0 aromatic rings. The van der Waals surface area contributed by atoms with Crippen LogP contribution in [-0.4, -0.2) is 46.5 Å². The molecule has 0 aromatic carbocycles. The molecule has 6 nitrogen and oxygen atoms in total. The minimum Gasteiger partial charge on any atom is -0.275 e. The van der Waals surface area contributed by atoms with Crippen molar-refractivity contribution in [3.63, 3.8) is 0 Å². The summed E-state index contributed by atoms with van der Waals surface area (Å²) in [6.07, 6.45) is 8.16. The Hall–Kier alpha value is -2.24. The summed E-state index contributed by atoms with van der Waals surface area (Å²) >= 11 is 0. The van der Waals surface area contributed by atoms with Gasteiger partial charge in [0.15, 0.2) is 0 Å². The summed E-state index contributed by atoms with van der Waals surface area (Å²) in [5.41, 5.74) is 2.98. The van der Waals surface area contributed by atoms with E-state index in [2.05, 4.69) is 13.8 Å². The van der Waals surface area contributed by atoms with Crippen molar-refractivity contribution < 1.29 is 19.2 Å². The van der Waals surface area contributed by atoms with E-state index in [4.69, 9.17) is 0 Å². The predicted octanol–water partition coefficient (Wildman–Crippen LogP) is 3.52. The first-order valence-corrected chi connectivity index (χ1v) is 11.5. The van der Waals surface area contributed by atoms with Crippen LogP contribution in [0.4, 0.5) is 0 Å². The Bertz CT molecular complexity index is 783. The van der Waals surface area contributed by atoms with Crippen LogP contribution in [0.5, 0.6) is 0 Å². The van der Waals surface area contributed by atoms with E-state index in [0.717, 1.165) is 86.5 Å². The van der Waals surface area contributed by atoms with Crippen LogP contribution in [0.25, 0.3) is 0 Å². The number of rotatable bonds is 7. The van der Waals surface area contributed by atoms with Crippen molar-refractivity contribution in [1.82, 2.24) is 9.80 Å². The Kier molecular flexibility index (Phi) is 5.94. The number of amides is 4. The molecule has 0 fully saturated rings. The van der Waals surface area contributed by atoms with Gasteiger partial charge < -0.3 is 0 Å². The fraction of sp³-hybridized carbons (Fsp3) is 0.667. The van der Waals surface area contributed by atoms with Gasteiger partial charge in [0.1, 0.15) is 0 Å². The highest BCUT2D eigenvalue weighted by molar-refractivity contribution is 6.20. The second-order valence-corrected chi connectivity index (χ2v) is 9.55.